The summed E-state index contributed by atoms with van der Waals surface area (Å²) < 4.78 is 16.1. The number of nitrogens with zero attached hydrogens (tertiary/aromatic N) is 1. The van der Waals surface area contributed by atoms with Gasteiger partial charge in [0, 0.05) is 38.1 Å². The number of ether oxygens (including phenoxy) is 3. The van der Waals surface area contributed by atoms with Gasteiger partial charge in [0.15, 0.2) is 0 Å². The van der Waals surface area contributed by atoms with Crippen molar-refractivity contribution in [3.05, 3.63) is 23.9 Å². The molecule has 0 fully saturated rings. The Morgan fingerprint density at radius 2 is 2.10 bits per heavy atom. The zero-order valence-electron chi connectivity index (χ0n) is 12.7. The molecule has 114 valence electrons. The summed E-state index contributed by atoms with van der Waals surface area (Å²) in [7, 11) is 1.69. The summed E-state index contributed by atoms with van der Waals surface area (Å²) in [5.41, 5.74) is 1.08. The third-order valence-electron chi connectivity index (χ3n) is 2.88. The Hall–Kier alpha value is -1.17. The predicted octanol–water partition coefficient (Wildman–Crippen LogP) is 2.18. The van der Waals surface area contributed by atoms with E-state index in [0.717, 1.165) is 25.1 Å². The van der Waals surface area contributed by atoms with Crippen LogP contribution in [0, 0.1) is 0 Å². The average Bonchev–Trinajstić information content (AvgIpc) is 2.47. The largest absolute Gasteiger partial charge is 0.475 e. The maximum absolute atomic E-state index is 5.70. The molecular formula is C15H26N2O3. The minimum atomic E-state index is 0.228. The fraction of sp³-hybridized carbons (Fsp3) is 0.667. The van der Waals surface area contributed by atoms with Crippen LogP contribution in [0.3, 0.4) is 0 Å². The van der Waals surface area contributed by atoms with Crippen LogP contribution in [0.15, 0.2) is 18.3 Å². The van der Waals surface area contributed by atoms with E-state index < -0.39 is 0 Å². The van der Waals surface area contributed by atoms with E-state index in [-0.39, 0.29) is 6.04 Å². The standard InChI is InChI=1S/C15H26N2O3/c1-4-16-13(2)14-7-5-8-17-15(14)20-12-11-19-10-6-9-18-3/h5,7-8,13,16H,4,6,9-12H2,1-3H3. The zero-order valence-corrected chi connectivity index (χ0v) is 12.7. The first-order chi connectivity index (χ1) is 9.79. The van der Waals surface area contributed by atoms with Crippen LogP contribution in [0.4, 0.5) is 0 Å². The van der Waals surface area contributed by atoms with E-state index in [0.29, 0.717) is 25.7 Å². The van der Waals surface area contributed by atoms with Crippen LogP contribution in [0.5, 0.6) is 5.88 Å². The molecule has 0 aliphatic carbocycles. The summed E-state index contributed by atoms with van der Waals surface area (Å²) in [6.45, 7) is 7.60. The Morgan fingerprint density at radius 1 is 1.25 bits per heavy atom. The van der Waals surface area contributed by atoms with Crippen molar-refractivity contribution >= 4 is 0 Å². The molecule has 1 heterocycles. The average molecular weight is 282 g/mol. The molecule has 0 spiro atoms. The lowest BCUT2D eigenvalue weighted by Crippen LogP contribution is -2.19. The molecule has 5 nitrogen and oxygen atoms in total. The normalized spacial score (nSPS) is 12.3. The van der Waals surface area contributed by atoms with Gasteiger partial charge in [-0.25, -0.2) is 4.98 Å². The maximum atomic E-state index is 5.70. The van der Waals surface area contributed by atoms with Crippen LogP contribution in [-0.2, 0) is 9.47 Å². The van der Waals surface area contributed by atoms with Crippen molar-refractivity contribution in [2.24, 2.45) is 0 Å². The van der Waals surface area contributed by atoms with Crippen molar-refractivity contribution in [3.8, 4) is 5.88 Å². The fourth-order valence-electron chi connectivity index (χ4n) is 1.87. The molecule has 1 rings (SSSR count). The van der Waals surface area contributed by atoms with Crippen LogP contribution in [0.1, 0.15) is 31.9 Å². The van der Waals surface area contributed by atoms with E-state index in [4.69, 9.17) is 14.2 Å². The van der Waals surface area contributed by atoms with Crippen molar-refractivity contribution < 1.29 is 14.2 Å². The molecule has 1 unspecified atom stereocenters. The van der Waals surface area contributed by atoms with Gasteiger partial charge in [0.05, 0.1) is 6.61 Å². The van der Waals surface area contributed by atoms with Gasteiger partial charge in [-0.05, 0) is 26.0 Å². The SMILES string of the molecule is CCNC(C)c1cccnc1OCCOCCCOC. The molecule has 1 N–H and O–H groups in total. The number of nitrogens with one attached hydrogen (secondary N) is 1. The predicted molar refractivity (Wildman–Crippen MR) is 79.1 cm³/mol. The van der Waals surface area contributed by atoms with Crippen LogP contribution in [0.25, 0.3) is 0 Å². The lowest BCUT2D eigenvalue weighted by molar-refractivity contribution is 0.0791. The Morgan fingerprint density at radius 3 is 2.85 bits per heavy atom. The van der Waals surface area contributed by atoms with E-state index in [1.807, 2.05) is 12.1 Å². The van der Waals surface area contributed by atoms with Crippen LogP contribution in [-0.4, -0.2) is 45.1 Å². The lowest BCUT2D eigenvalue weighted by atomic mass is 10.1. The molecule has 0 bridgehead atoms. The van der Waals surface area contributed by atoms with Gasteiger partial charge in [-0.3, -0.25) is 0 Å². The second-order valence-electron chi connectivity index (χ2n) is 4.48. The molecular weight excluding hydrogens is 256 g/mol. The molecule has 0 aliphatic heterocycles. The first-order valence-corrected chi connectivity index (χ1v) is 7.17. The van der Waals surface area contributed by atoms with Crippen molar-refractivity contribution in [1.29, 1.82) is 0 Å². The Kier molecular flexibility index (Phi) is 8.95. The number of methoxy groups -OCH3 is 1. The van der Waals surface area contributed by atoms with Crippen LogP contribution >= 0.6 is 0 Å². The number of hydrogen-bond acceptors (Lipinski definition) is 5. The van der Waals surface area contributed by atoms with Crippen molar-refractivity contribution in [1.82, 2.24) is 10.3 Å². The Balaban J connectivity index is 2.32. The monoisotopic (exact) mass is 282 g/mol. The molecule has 0 saturated heterocycles. The summed E-state index contributed by atoms with van der Waals surface area (Å²) in [4.78, 5) is 4.29. The van der Waals surface area contributed by atoms with Gasteiger partial charge in [-0.2, -0.15) is 0 Å². The summed E-state index contributed by atoms with van der Waals surface area (Å²) in [5.74, 6) is 0.682. The second kappa shape index (κ2) is 10.6. The number of rotatable bonds is 11. The summed E-state index contributed by atoms with van der Waals surface area (Å²) in [6.07, 6.45) is 2.65. The number of pyridine rings is 1. The van der Waals surface area contributed by atoms with Crippen molar-refractivity contribution in [2.75, 3.05) is 40.1 Å². The molecule has 0 amide bonds. The van der Waals surface area contributed by atoms with E-state index in [1.54, 1.807) is 13.3 Å². The molecule has 0 aliphatic rings. The smallest absolute Gasteiger partial charge is 0.218 e. The molecule has 0 saturated carbocycles. The maximum Gasteiger partial charge on any atom is 0.218 e. The first kappa shape index (κ1) is 16.9. The van der Waals surface area contributed by atoms with E-state index in [1.165, 1.54) is 0 Å². The minimum absolute atomic E-state index is 0.228. The third kappa shape index (κ3) is 6.32. The Labute approximate surface area is 121 Å². The van der Waals surface area contributed by atoms with E-state index in [9.17, 15) is 0 Å². The molecule has 1 atom stereocenters. The topological polar surface area (TPSA) is 52.6 Å². The van der Waals surface area contributed by atoms with Crippen molar-refractivity contribution in [2.45, 2.75) is 26.3 Å². The quantitative estimate of drug-likeness (QED) is 0.630. The summed E-state index contributed by atoms with van der Waals surface area (Å²) in [6, 6.07) is 4.19. The molecule has 1 aromatic rings. The van der Waals surface area contributed by atoms with Gasteiger partial charge in [0.1, 0.15) is 6.61 Å². The minimum Gasteiger partial charge on any atom is -0.475 e. The van der Waals surface area contributed by atoms with Crippen LogP contribution < -0.4 is 10.1 Å². The molecule has 1 aromatic heterocycles. The molecule has 0 aromatic carbocycles. The highest BCUT2D eigenvalue weighted by atomic mass is 16.5. The van der Waals surface area contributed by atoms with Gasteiger partial charge >= 0.3 is 0 Å². The summed E-state index contributed by atoms with van der Waals surface area (Å²) in [5, 5.41) is 3.36. The second-order valence-corrected chi connectivity index (χ2v) is 4.48. The fourth-order valence-corrected chi connectivity index (χ4v) is 1.87. The van der Waals surface area contributed by atoms with Gasteiger partial charge in [0.2, 0.25) is 5.88 Å². The zero-order chi connectivity index (χ0) is 14.6. The van der Waals surface area contributed by atoms with E-state index >= 15 is 0 Å². The van der Waals surface area contributed by atoms with Gasteiger partial charge in [-0.1, -0.05) is 13.0 Å². The third-order valence-corrected chi connectivity index (χ3v) is 2.88. The molecule has 5 heteroatoms. The number of aromatic nitrogens is 1. The van der Waals surface area contributed by atoms with Gasteiger partial charge < -0.3 is 19.5 Å². The van der Waals surface area contributed by atoms with Gasteiger partial charge in [-0.15, -0.1) is 0 Å². The highest BCUT2D eigenvalue weighted by Crippen LogP contribution is 2.21. The molecule has 20 heavy (non-hydrogen) atoms. The first-order valence-electron chi connectivity index (χ1n) is 7.17. The number of hydrogen-bond donors (Lipinski definition) is 1. The highest BCUT2D eigenvalue weighted by Gasteiger charge is 2.11. The van der Waals surface area contributed by atoms with Crippen molar-refractivity contribution in [3.63, 3.8) is 0 Å². The molecule has 0 radical (unpaired) electrons. The Bertz CT molecular complexity index is 361. The summed E-state index contributed by atoms with van der Waals surface area (Å²) >= 11 is 0. The highest BCUT2D eigenvalue weighted by molar-refractivity contribution is 5.28. The lowest BCUT2D eigenvalue weighted by Gasteiger charge is -2.16. The van der Waals surface area contributed by atoms with Crippen LogP contribution in [0.2, 0.25) is 0 Å². The van der Waals surface area contributed by atoms with Gasteiger partial charge in [0.25, 0.3) is 0 Å². The van der Waals surface area contributed by atoms with E-state index in [2.05, 4.69) is 24.1 Å².